The summed E-state index contributed by atoms with van der Waals surface area (Å²) in [5.74, 6) is -0.879. The van der Waals surface area contributed by atoms with Gasteiger partial charge in [-0.2, -0.15) is 5.10 Å². The molecule has 1 N–H and O–H groups in total. The molecular formula is C12H19N3O2. The lowest BCUT2D eigenvalue weighted by Crippen LogP contribution is -2.34. The fraction of sp³-hybridized carbons (Fsp3) is 0.667. The van der Waals surface area contributed by atoms with E-state index in [1.807, 2.05) is 11.6 Å². The molecule has 1 aliphatic heterocycles. The van der Waals surface area contributed by atoms with E-state index in [-0.39, 0.29) is 0 Å². The maximum absolute atomic E-state index is 11.1. The van der Waals surface area contributed by atoms with Crippen LogP contribution in [-0.2, 0) is 0 Å². The zero-order valence-corrected chi connectivity index (χ0v) is 10.6. The maximum atomic E-state index is 11.1. The normalized spacial score (nSPS) is 21.7. The molecule has 5 nitrogen and oxygen atoms in total. The Morgan fingerprint density at radius 3 is 2.71 bits per heavy atom. The highest BCUT2D eigenvalue weighted by Crippen LogP contribution is 2.24. The second kappa shape index (κ2) is 4.49. The lowest BCUT2D eigenvalue weighted by molar-refractivity contribution is 0.0695. The number of nitrogens with zero attached hydrogens (tertiary/aromatic N) is 3. The minimum atomic E-state index is -0.879. The van der Waals surface area contributed by atoms with Gasteiger partial charge in [0.25, 0.3) is 0 Å². The first kappa shape index (κ1) is 12.1. The first-order valence-corrected chi connectivity index (χ1v) is 5.98. The molecule has 5 heteroatoms. The largest absolute Gasteiger partial charge is 0.478 e. The first-order chi connectivity index (χ1) is 8.00. The van der Waals surface area contributed by atoms with E-state index < -0.39 is 5.97 Å². The summed E-state index contributed by atoms with van der Waals surface area (Å²) in [6, 6.07) is 0.306. The van der Waals surface area contributed by atoms with Gasteiger partial charge >= 0.3 is 5.97 Å². The Hall–Kier alpha value is -1.36. The highest BCUT2D eigenvalue weighted by Gasteiger charge is 2.25. The summed E-state index contributed by atoms with van der Waals surface area (Å²) >= 11 is 0. The van der Waals surface area contributed by atoms with Gasteiger partial charge in [0.2, 0.25) is 0 Å². The molecule has 1 unspecified atom stereocenters. The van der Waals surface area contributed by atoms with Gasteiger partial charge in [-0.15, -0.1) is 0 Å². The summed E-state index contributed by atoms with van der Waals surface area (Å²) < 4.78 is 1.90. The van der Waals surface area contributed by atoms with E-state index in [4.69, 9.17) is 5.11 Å². The standard InChI is InChI=1S/C12H19N3O2/c1-8-11(12(16)17)9(2)15(13-8)10-5-4-6-14(3)7-10/h10H,4-7H2,1-3H3,(H,16,17). The molecular weight excluding hydrogens is 218 g/mol. The van der Waals surface area contributed by atoms with Crippen LogP contribution in [0.2, 0.25) is 0 Å². The van der Waals surface area contributed by atoms with Gasteiger partial charge in [-0.05, 0) is 40.3 Å². The van der Waals surface area contributed by atoms with E-state index in [0.717, 1.165) is 31.6 Å². The Labute approximate surface area is 101 Å². The number of rotatable bonds is 2. The van der Waals surface area contributed by atoms with Gasteiger partial charge in [-0.25, -0.2) is 4.79 Å². The molecule has 1 aromatic heterocycles. The highest BCUT2D eigenvalue weighted by molar-refractivity contribution is 5.90. The van der Waals surface area contributed by atoms with Crippen LogP contribution in [0, 0.1) is 13.8 Å². The van der Waals surface area contributed by atoms with Crippen molar-refractivity contribution in [2.45, 2.75) is 32.7 Å². The zero-order valence-electron chi connectivity index (χ0n) is 10.6. The third kappa shape index (κ3) is 2.20. The second-order valence-corrected chi connectivity index (χ2v) is 4.85. The van der Waals surface area contributed by atoms with Gasteiger partial charge in [0.15, 0.2) is 0 Å². The number of likely N-dealkylation sites (tertiary alicyclic amines) is 1. The molecule has 0 bridgehead atoms. The van der Waals surface area contributed by atoms with Crippen molar-refractivity contribution < 1.29 is 9.90 Å². The summed E-state index contributed by atoms with van der Waals surface area (Å²) in [5, 5.41) is 13.5. The number of aromatic nitrogens is 2. The Kier molecular flexibility index (Phi) is 3.19. The average molecular weight is 237 g/mol. The molecule has 94 valence electrons. The molecule has 0 amide bonds. The lowest BCUT2D eigenvalue weighted by atomic mass is 10.1. The summed E-state index contributed by atoms with van der Waals surface area (Å²) in [7, 11) is 2.09. The van der Waals surface area contributed by atoms with Crippen LogP contribution in [0.3, 0.4) is 0 Å². The van der Waals surface area contributed by atoms with Crippen LogP contribution in [0.5, 0.6) is 0 Å². The van der Waals surface area contributed by atoms with Crippen LogP contribution in [0.1, 0.15) is 40.6 Å². The van der Waals surface area contributed by atoms with Crippen molar-refractivity contribution in [3.8, 4) is 0 Å². The van der Waals surface area contributed by atoms with Gasteiger partial charge in [-0.1, -0.05) is 0 Å². The van der Waals surface area contributed by atoms with Gasteiger partial charge in [0.1, 0.15) is 5.56 Å². The summed E-state index contributed by atoms with van der Waals surface area (Å²) in [6.45, 7) is 5.67. The number of aryl methyl sites for hydroxylation is 1. The number of hydrogen-bond acceptors (Lipinski definition) is 3. The predicted octanol–water partition coefficient (Wildman–Crippen LogP) is 1.46. The molecule has 1 fully saturated rings. The number of piperidine rings is 1. The molecule has 0 aromatic carbocycles. The van der Waals surface area contributed by atoms with Crippen LogP contribution >= 0.6 is 0 Å². The molecule has 0 radical (unpaired) electrons. The van der Waals surface area contributed by atoms with Crippen LogP contribution in [0.15, 0.2) is 0 Å². The van der Waals surface area contributed by atoms with Gasteiger partial charge in [0.05, 0.1) is 17.4 Å². The topological polar surface area (TPSA) is 58.4 Å². The third-order valence-corrected chi connectivity index (χ3v) is 3.48. The number of carbonyl (C=O) groups is 1. The molecule has 0 spiro atoms. The Morgan fingerprint density at radius 1 is 1.47 bits per heavy atom. The number of carboxylic acids is 1. The van der Waals surface area contributed by atoms with E-state index >= 15 is 0 Å². The Morgan fingerprint density at radius 2 is 2.18 bits per heavy atom. The van der Waals surface area contributed by atoms with Gasteiger partial charge in [0, 0.05) is 6.54 Å². The summed E-state index contributed by atoms with van der Waals surface area (Å²) in [5.41, 5.74) is 1.75. The Balaban J connectivity index is 2.33. The first-order valence-electron chi connectivity index (χ1n) is 5.98. The van der Waals surface area contributed by atoms with Crippen LogP contribution < -0.4 is 0 Å². The molecule has 1 atom stereocenters. The molecule has 1 aliphatic rings. The smallest absolute Gasteiger partial charge is 0.339 e. The zero-order chi connectivity index (χ0) is 12.6. The SMILES string of the molecule is Cc1nn(C2CCCN(C)C2)c(C)c1C(=O)O. The van der Waals surface area contributed by atoms with E-state index in [1.54, 1.807) is 6.92 Å². The van der Waals surface area contributed by atoms with Crippen LogP contribution in [-0.4, -0.2) is 45.9 Å². The second-order valence-electron chi connectivity index (χ2n) is 4.85. The molecule has 2 heterocycles. The van der Waals surface area contributed by atoms with E-state index in [9.17, 15) is 4.79 Å². The summed E-state index contributed by atoms with van der Waals surface area (Å²) in [6.07, 6.45) is 2.22. The summed E-state index contributed by atoms with van der Waals surface area (Å²) in [4.78, 5) is 13.4. The molecule has 2 rings (SSSR count). The lowest BCUT2D eigenvalue weighted by Gasteiger charge is -2.30. The van der Waals surface area contributed by atoms with Gasteiger partial charge < -0.3 is 10.0 Å². The van der Waals surface area contributed by atoms with Crippen molar-refractivity contribution in [2.24, 2.45) is 0 Å². The minimum absolute atomic E-state index is 0.306. The third-order valence-electron chi connectivity index (χ3n) is 3.48. The monoisotopic (exact) mass is 237 g/mol. The number of hydrogen-bond donors (Lipinski definition) is 1. The molecule has 1 aromatic rings. The number of likely N-dealkylation sites (N-methyl/N-ethyl adjacent to an activating group) is 1. The molecule has 0 aliphatic carbocycles. The van der Waals surface area contributed by atoms with E-state index in [0.29, 0.717) is 17.3 Å². The van der Waals surface area contributed by atoms with Crippen molar-refractivity contribution in [1.29, 1.82) is 0 Å². The molecule has 0 saturated carbocycles. The van der Waals surface area contributed by atoms with E-state index in [1.165, 1.54) is 0 Å². The quantitative estimate of drug-likeness (QED) is 0.846. The fourth-order valence-electron chi connectivity index (χ4n) is 2.67. The Bertz CT molecular complexity index is 439. The number of carboxylic acid groups (broad SMARTS) is 1. The number of aromatic carboxylic acids is 1. The average Bonchev–Trinajstić information content (AvgIpc) is 2.54. The minimum Gasteiger partial charge on any atom is -0.478 e. The van der Waals surface area contributed by atoms with Crippen LogP contribution in [0.4, 0.5) is 0 Å². The highest BCUT2D eigenvalue weighted by atomic mass is 16.4. The van der Waals surface area contributed by atoms with Crippen LogP contribution in [0.25, 0.3) is 0 Å². The van der Waals surface area contributed by atoms with Crippen molar-refractivity contribution >= 4 is 5.97 Å². The van der Waals surface area contributed by atoms with Crippen molar-refractivity contribution in [1.82, 2.24) is 14.7 Å². The fourth-order valence-corrected chi connectivity index (χ4v) is 2.67. The molecule has 17 heavy (non-hydrogen) atoms. The predicted molar refractivity (Wildman–Crippen MR) is 64.4 cm³/mol. The molecule has 1 saturated heterocycles. The van der Waals surface area contributed by atoms with Crippen molar-refractivity contribution in [3.05, 3.63) is 17.0 Å². The van der Waals surface area contributed by atoms with E-state index in [2.05, 4.69) is 17.0 Å². The van der Waals surface area contributed by atoms with Crippen molar-refractivity contribution in [2.75, 3.05) is 20.1 Å². The van der Waals surface area contributed by atoms with Crippen molar-refractivity contribution in [3.63, 3.8) is 0 Å². The maximum Gasteiger partial charge on any atom is 0.339 e. The van der Waals surface area contributed by atoms with Gasteiger partial charge in [-0.3, -0.25) is 4.68 Å².